The first-order valence-electron chi connectivity index (χ1n) is 8.71. The number of aromatic nitrogens is 4. The molecule has 3 aromatic heterocycles. The van der Waals surface area contributed by atoms with Crippen molar-refractivity contribution in [3.63, 3.8) is 0 Å². The first-order chi connectivity index (χ1) is 12.4. The van der Waals surface area contributed by atoms with Crippen LogP contribution in [-0.4, -0.2) is 25.6 Å². The highest BCUT2D eigenvalue weighted by atomic mass is 15.3. The maximum Gasteiger partial charge on any atom is 0.163 e. The van der Waals surface area contributed by atoms with Gasteiger partial charge in [-0.15, -0.1) is 0 Å². The van der Waals surface area contributed by atoms with E-state index in [0.29, 0.717) is 22.8 Å². The molecule has 0 bridgehead atoms. The Kier molecular flexibility index (Phi) is 4.76. The molecule has 3 rings (SSSR count). The molecule has 0 saturated heterocycles. The molecule has 7 heteroatoms. The molecular weight excluding hydrogens is 326 g/mol. The summed E-state index contributed by atoms with van der Waals surface area (Å²) in [7, 11) is 0. The number of nitrogen functional groups attached to an aromatic ring is 1. The summed E-state index contributed by atoms with van der Waals surface area (Å²) in [5, 5.41) is 17.3. The third kappa shape index (κ3) is 3.18. The zero-order valence-electron chi connectivity index (χ0n) is 15.5. The van der Waals surface area contributed by atoms with Crippen molar-refractivity contribution in [1.82, 2.24) is 19.6 Å². The summed E-state index contributed by atoms with van der Waals surface area (Å²) in [6.07, 6.45) is 1.52. The molecule has 134 valence electrons. The van der Waals surface area contributed by atoms with Crippen molar-refractivity contribution in [3.05, 3.63) is 46.4 Å². The second-order valence-electron chi connectivity index (χ2n) is 6.51. The third-order valence-electron chi connectivity index (χ3n) is 4.41. The SMILES string of the molecule is CCc1c(C)nn2c(N)c(C#N)c(NC(C)Cc3cccc(C)n3)nc12. The van der Waals surface area contributed by atoms with E-state index >= 15 is 0 Å². The van der Waals surface area contributed by atoms with Gasteiger partial charge in [0, 0.05) is 29.4 Å². The predicted molar refractivity (Wildman–Crippen MR) is 102 cm³/mol. The van der Waals surface area contributed by atoms with Crippen LogP contribution in [0.4, 0.5) is 11.6 Å². The molecule has 0 amide bonds. The van der Waals surface area contributed by atoms with Gasteiger partial charge < -0.3 is 11.1 Å². The molecule has 7 nitrogen and oxygen atoms in total. The minimum absolute atomic E-state index is 0.0415. The van der Waals surface area contributed by atoms with Crippen LogP contribution in [0.3, 0.4) is 0 Å². The van der Waals surface area contributed by atoms with Gasteiger partial charge in [-0.05, 0) is 39.3 Å². The van der Waals surface area contributed by atoms with Crippen LogP contribution in [-0.2, 0) is 12.8 Å². The summed E-state index contributed by atoms with van der Waals surface area (Å²) >= 11 is 0. The van der Waals surface area contributed by atoms with Gasteiger partial charge in [-0.25, -0.2) is 4.98 Å². The van der Waals surface area contributed by atoms with E-state index in [1.807, 2.05) is 39.0 Å². The van der Waals surface area contributed by atoms with Gasteiger partial charge in [0.05, 0.1) is 5.69 Å². The van der Waals surface area contributed by atoms with E-state index < -0.39 is 0 Å². The molecule has 26 heavy (non-hydrogen) atoms. The number of nitrogens with two attached hydrogens (primary N) is 1. The maximum absolute atomic E-state index is 9.57. The number of hydrogen-bond donors (Lipinski definition) is 2. The summed E-state index contributed by atoms with van der Waals surface area (Å²) in [5.41, 5.74) is 11.1. The molecule has 0 radical (unpaired) electrons. The first-order valence-corrected chi connectivity index (χ1v) is 8.71. The van der Waals surface area contributed by atoms with E-state index in [9.17, 15) is 5.26 Å². The van der Waals surface area contributed by atoms with E-state index in [2.05, 4.69) is 33.4 Å². The van der Waals surface area contributed by atoms with Crippen molar-refractivity contribution in [2.75, 3.05) is 11.1 Å². The van der Waals surface area contributed by atoms with Gasteiger partial charge in [0.2, 0.25) is 0 Å². The molecule has 3 N–H and O–H groups in total. The standard InChI is InChI=1S/C19H23N7/c1-5-15-13(4)25-26-17(21)16(10-20)18(24-19(15)26)23-12(3)9-14-8-6-7-11(2)22-14/h6-8,12H,5,9,21H2,1-4H3,(H,23,24). The summed E-state index contributed by atoms with van der Waals surface area (Å²) in [5.74, 6) is 0.802. The molecule has 1 atom stereocenters. The fraction of sp³-hybridized carbons (Fsp3) is 0.368. The second kappa shape index (κ2) is 7.00. The van der Waals surface area contributed by atoms with E-state index in [-0.39, 0.29) is 6.04 Å². The third-order valence-corrected chi connectivity index (χ3v) is 4.41. The van der Waals surface area contributed by atoms with Crippen LogP contribution in [0.25, 0.3) is 5.65 Å². The molecule has 3 aromatic rings. The molecule has 3 heterocycles. The molecular formula is C19H23N7. The van der Waals surface area contributed by atoms with Crippen LogP contribution in [0.2, 0.25) is 0 Å². The van der Waals surface area contributed by atoms with Crippen LogP contribution in [0, 0.1) is 25.2 Å². The zero-order chi connectivity index (χ0) is 18.8. The van der Waals surface area contributed by atoms with Crippen molar-refractivity contribution in [2.45, 2.75) is 46.6 Å². The maximum atomic E-state index is 9.57. The topological polar surface area (TPSA) is 105 Å². The normalized spacial score (nSPS) is 12.1. The number of pyridine rings is 1. The molecule has 0 spiro atoms. The number of nitrogens with zero attached hydrogens (tertiary/aromatic N) is 5. The van der Waals surface area contributed by atoms with Crippen molar-refractivity contribution >= 4 is 17.3 Å². The fourth-order valence-corrected chi connectivity index (χ4v) is 3.16. The average Bonchev–Trinajstić information content (AvgIpc) is 2.90. The lowest BCUT2D eigenvalue weighted by Gasteiger charge is -2.16. The number of rotatable bonds is 5. The minimum atomic E-state index is 0.0415. The Balaban J connectivity index is 1.97. The second-order valence-corrected chi connectivity index (χ2v) is 6.51. The Morgan fingerprint density at radius 1 is 1.31 bits per heavy atom. The summed E-state index contributed by atoms with van der Waals surface area (Å²) in [6, 6.07) is 8.16. The van der Waals surface area contributed by atoms with Crippen molar-refractivity contribution < 1.29 is 0 Å². The first kappa shape index (κ1) is 17.7. The zero-order valence-corrected chi connectivity index (χ0v) is 15.5. The van der Waals surface area contributed by atoms with Gasteiger partial charge in [0.15, 0.2) is 11.5 Å². The Morgan fingerprint density at radius 3 is 2.73 bits per heavy atom. The largest absolute Gasteiger partial charge is 0.382 e. The Morgan fingerprint density at radius 2 is 2.08 bits per heavy atom. The highest BCUT2D eigenvalue weighted by molar-refractivity contribution is 5.69. The highest BCUT2D eigenvalue weighted by Gasteiger charge is 2.19. The Bertz CT molecular complexity index is 997. The summed E-state index contributed by atoms with van der Waals surface area (Å²) in [6.45, 7) is 7.99. The molecule has 0 aromatic carbocycles. The van der Waals surface area contributed by atoms with Gasteiger partial charge in [-0.2, -0.15) is 14.9 Å². The van der Waals surface area contributed by atoms with Crippen LogP contribution in [0.1, 0.15) is 42.1 Å². The number of nitrogens with one attached hydrogen (secondary N) is 1. The molecule has 0 aliphatic heterocycles. The number of aryl methyl sites for hydroxylation is 3. The highest BCUT2D eigenvalue weighted by Crippen LogP contribution is 2.25. The van der Waals surface area contributed by atoms with Crippen molar-refractivity contribution in [1.29, 1.82) is 5.26 Å². The molecule has 0 aliphatic carbocycles. The van der Waals surface area contributed by atoms with Gasteiger partial charge >= 0.3 is 0 Å². The quantitative estimate of drug-likeness (QED) is 0.734. The Labute approximate surface area is 152 Å². The molecule has 1 unspecified atom stereocenters. The van der Waals surface area contributed by atoms with Crippen LogP contribution in [0.5, 0.6) is 0 Å². The monoisotopic (exact) mass is 349 g/mol. The number of hydrogen-bond acceptors (Lipinski definition) is 6. The van der Waals surface area contributed by atoms with Gasteiger partial charge in [0.25, 0.3) is 0 Å². The van der Waals surface area contributed by atoms with Crippen LogP contribution in [0.15, 0.2) is 18.2 Å². The summed E-state index contributed by atoms with van der Waals surface area (Å²) < 4.78 is 1.56. The predicted octanol–water partition coefficient (Wildman–Crippen LogP) is 2.80. The smallest absolute Gasteiger partial charge is 0.163 e. The van der Waals surface area contributed by atoms with Gasteiger partial charge in [-0.3, -0.25) is 4.98 Å². The lowest BCUT2D eigenvalue weighted by Crippen LogP contribution is -2.21. The lowest BCUT2D eigenvalue weighted by atomic mass is 10.1. The Hall–Kier alpha value is -3.14. The van der Waals surface area contributed by atoms with E-state index in [4.69, 9.17) is 5.73 Å². The number of fused-ring (bicyclic) bond motifs is 1. The fourth-order valence-electron chi connectivity index (χ4n) is 3.16. The van der Waals surface area contributed by atoms with E-state index in [0.717, 1.165) is 35.5 Å². The van der Waals surface area contributed by atoms with Gasteiger partial charge in [-0.1, -0.05) is 13.0 Å². The molecule has 0 saturated carbocycles. The lowest BCUT2D eigenvalue weighted by molar-refractivity contribution is 0.761. The van der Waals surface area contributed by atoms with Crippen molar-refractivity contribution in [3.8, 4) is 6.07 Å². The number of anilines is 2. The summed E-state index contributed by atoms with van der Waals surface area (Å²) in [4.78, 5) is 9.20. The molecule has 0 aliphatic rings. The van der Waals surface area contributed by atoms with Crippen LogP contribution >= 0.6 is 0 Å². The van der Waals surface area contributed by atoms with Crippen LogP contribution < -0.4 is 11.1 Å². The molecule has 0 fully saturated rings. The van der Waals surface area contributed by atoms with Gasteiger partial charge in [0.1, 0.15) is 17.5 Å². The average molecular weight is 349 g/mol. The van der Waals surface area contributed by atoms with E-state index in [1.165, 1.54) is 0 Å². The number of nitriles is 1. The minimum Gasteiger partial charge on any atom is -0.382 e. The van der Waals surface area contributed by atoms with Crippen molar-refractivity contribution in [2.24, 2.45) is 0 Å². The van der Waals surface area contributed by atoms with E-state index in [1.54, 1.807) is 4.52 Å².